The van der Waals surface area contributed by atoms with E-state index in [4.69, 9.17) is 5.73 Å². The second-order valence-electron chi connectivity index (χ2n) is 4.31. The van der Waals surface area contributed by atoms with E-state index in [1.54, 1.807) is 4.90 Å². The normalized spacial score (nSPS) is 17.8. The molecule has 5 nitrogen and oxygen atoms in total. The van der Waals surface area contributed by atoms with Gasteiger partial charge in [-0.2, -0.15) is 0 Å². The molecular weight excluding hydrogens is 230 g/mol. The van der Waals surface area contributed by atoms with Crippen molar-refractivity contribution in [1.29, 1.82) is 0 Å². The van der Waals surface area contributed by atoms with E-state index < -0.39 is 6.04 Å². The van der Waals surface area contributed by atoms with Crippen molar-refractivity contribution in [2.24, 2.45) is 5.73 Å². The van der Waals surface area contributed by atoms with Gasteiger partial charge in [0.1, 0.15) is 6.04 Å². The number of nitrogens with one attached hydrogen (secondary N) is 1. The van der Waals surface area contributed by atoms with E-state index in [0.717, 1.165) is 5.56 Å². The molecule has 1 aromatic rings. The Morgan fingerprint density at radius 3 is 2.72 bits per heavy atom. The lowest BCUT2D eigenvalue weighted by atomic mass is 10.1. The molecule has 1 unspecified atom stereocenters. The smallest absolute Gasteiger partial charge is 0.244 e. The van der Waals surface area contributed by atoms with Crippen molar-refractivity contribution in [1.82, 2.24) is 10.2 Å². The number of hydrogen-bond acceptors (Lipinski definition) is 3. The third-order valence-corrected chi connectivity index (χ3v) is 3.05. The molecule has 0 saturated carbocycles. The maximum atomic E-state index is 12.2. The van der Waals surface area contributed by atoms with E-state index in [0.29, 0.717) is 26.1 Å². The monoisotopic (exact) mass is 247 g/mol. The minimum absolute atomic E-state index is 0.0152. The molecule has 2 rings (SSSR count). The Bertz CT molecular complexity index is 433. The molecule has 5 heteroatoms. The molecular formula is C13H17N3O2. The predicted octanol–water partition coefficient (Wildman–Crippen LogP) is 0.0349. The van der Waals surface area contributed by atoms with E-state index in [-0.39, 0.29) is 11.8 Å². The Kier molecular flexibility index (Phi) is 3.94. The first-order chi connectivity index (χ1) is 8.68. The fourth-order valence-corrected chi connectivity index (χ4v) is 1.99. The molecule has 18 heavy (non-hydrogen) atoms. The van der Waals surface area contributed by atoms with Crippen molar-refractivity contribution in [3.63, 3.8) is 0 Å². The van der Waals surface area contributed by atoms with Crippen LogP contribution in [0.15, 0.2) is 30.3 Å². The highest BCUT2D eigenvalue weighted by Crippen LogP contribution is 2.13. The molecule has 3 N–H and O–H groups in total. The maximum absolute atomic E-state index is 12.2. The summed E-state index contributed by atoms with van der Waals surface area (Å²) >= 11 is 0. The second-order valence-corrected chi connectivity index (χ2v) is 4.31. The lowest BCUT2D eigenvalue weighted by Gasteiger charge is -2.23. The van der Waals surface area contributed by atoms with Gasteiger partial charge in [0.25, 0.3) is 0 Å². The number of nitrogens with zero attached hydrogens (tertiary/aromatic N) is 1. The zero-order valence-corrected chi connectivity index (χ0v) is 10.1. The number of rotatable bonds is 2. The minimum Gasteiger partial charge on any atom is -0.354 e. The molecule has 1 fully saturated rings. The first kappa shape index (κ1) is 12.6. The molecule has 1 aliphatic heterocycles. The lowest BCUT2D eigenvalue weighted by Crippen LogP contribution is -2.40. The van der Waals surface area contributed by atoms with Gasteiger partial charge in [-0.15, -0.1) is 0 Å². The zero-order chi connectivity index (χ0) is 13.0. The fourth-order valence-electron chi connectivity index (χ4n) is 1.99. The largest absolute Gasteiger partial charge is 0.354 e. The van der Waals surface area contributed by atoms with Crippen molar-refractivity contribution >= 4 is 11.8 Å². The van der Waals surface area contributed by atoms with Crippen molar-refractivity contribution in [2.45, 2.75) is 12.5 Å². The zero-order valence-electron chi connectivity index (χ0n) is 10.1. The average Bonchev–Trinajstić information content (AvgIpc) is 2.63. The van der Waals surface area contributed by atoms with Crippen molar-refractivity contribution in [3.05, 3.63) is 35.9 Å². The molecule has 1 aromatic carbocycles. The van der Waals surface area contributed by atoms with Gasteiger partial charge in [0.2, 0.25) is 11.8 Å². The molecule has 1 heterocycles. The molecule has 0 aliphatic carbocycles. The summed E-state index contributed by atoms with van der Waals surface area (Å²) in [4.78, 5) is 25.1. The summed E-state index contributed by atoms with van der Waals surface area (Å²) in [5.74, 6) is -0.142. The summed E-state index contributed by atoms with van der Waals surface area (Å²) in [5, 5.41) is 2.73. The van der Waals surface area contributed by atoms with Crippen LogP contribution in [0, 0.1) is 0 Å². The van der Waals surface area contributed by atoms with Gasteiger partial charge in [0, 0.05) is 26.1 Å². The Hall–Kier alpha value is -1.88. The van der Waals surface area contributed by atoms with Crippen LogP contribution in [0.5, 0.6) is 0 Å². The number of hydrogen-bond donors (Lipinski definition) is 2. The van der Waals surface area contributed by atoms with Crippen LogP contribution >= 0.6 is 0 Å². The summed E-state index contributed by atoms with van der Waals surface area (Å²) in [5.41, 5.74) is 6.76. The van der Waals surface area contributed by atoms with Gasteiger partial charge in [0.05, 0.1) is 0 Å². The lowest BCUT2D eigenvalue weighted by molar-refractivity contribution is -0.132. The highest BCUT2D eigenvalue weighted by atomic mass is 16.2. The summed E-state index contributed by atoms with van der Waals surface area (Å²) < 4.78 is 0. The van der Waals surface area contributed by atoms with Gasteiger partial charge in [-0.25, -0.2) is 0 Å². The van der Waals surface area contributed by atoms with Crippen LogP contribution in [0.1, 0.15) is 18.0 Å². The third kappa shape index (κ3) is 2.87. The van der Waals surface area contributed by atoms with Gasteiger partial charge < -0.3 is 16.0 Å². The number of benzene rings is 1. The minimum atomic E-state index is -0.653. The fraction of sp³-hybridized carbons (Fsp3) is 0.385. The van der Waals surface area contributed by atoms with Crippen LogP contribution in [0.2, 0.25) is 0 Å². The SMILES string of the molecule is NC(C(=O)N1CCNC(=O)CC1)c1ccccc1. The number of carbonyl (C=O) groups excluding carboxylic acids is 2. The van der Waals surface area contributed by atoms with E-state index in [1.165, 1.54) is 0 Å². The van der Waals surface area contributed by atoms with Crippen LogP contribution in [0.4, 0.5) is 0 Å². The van der Waals surface area contributed by atoms with Crippen molar-refractivity contribution < 1.29 is 9.59 Å². The summed E-state index contributed by atoms with van der Waals surface area (Å²) in [6.45, 7) is 1.45. The first-order valence-electron chi connectivity index (χ1n) is 6.04. The van der Waals surface area contributed by atoms with Crippen LogP contribution < -0.4 is 11.1 Å². The summed E-state index contributed by atoms with van der Waals surface area (Å²) in [7, 11) is 0. The molecule has 2 amide bonds. The molecule has 96 valence electrons. The van der Waals surface area contributed by atoms with Crippen LogP contribution in [-0.4, -0.2) is 36.3 Å². The van der Waals surface area contributed by atoms with Gasteiger partial charge >= 0.3 is 0 Å². The molecule has 0 aromatic heterocycles. The van der Waals surface area contributed by atoms with Crippen LogP contribution in [0.3, 0.4) is 0 Å². The number of carbonyl (C=O) groups is 2. The summed E-state index contributed by atoms with van der Waals surface area (Å²) in [6, 6.07) is 8.62. The highest BCUT2D eigenvalue weighted by Gasteiger charge is 2.24. The predicted molar refractivity (Wildman–Crippen MR) is 67.6 cm³/mol. The van der Waals surface area contributed by atoms with Crippen molar-refractivity contribution in [2.75, 3.05) is 19.6 Å². The quantitative estimate of drug-likeness (QED) is 0.774. The van der Waals surface area contributed by atoms with E-state index >= 15 is 0 Å². The molecule has 0 bridgehead atoms. The number of nitrogens with two attached hydrogens (primary N) is 1. The van der Waals surface area contributed by atoms with E-state index in [9.17, 15) is 9.59 Å². The van der Waals surface area contributed by atoms with E-state index in [2.05, 4.69) is 5.32 Å². The third-order valence-electron chi connectivity index (χ3n) is 3.05. The molecule has 0 radical (unpaired) electrons. The molecule has 1 atom stereocenters. The first-order valence-corrected chi connectivity index (χ1v) is 6.04. The van der Waals surface area contributed by atoms with Gasteiger partial charge in [0.15, 0.2) is 0 Å². The topological polar surface area (TPSA) is 75.4 Å². The second kappa shape index (κ2) is 5.64. The van der Waals surface area contributed by atoms with Gasteiger partial charge in [-0.05, 0) is 5.56 Å². The summed E-state index contributed by atoms with van der Waals surface area (Å²) in [6.07, 6.45) is 0.341. The Balaban J connectivity index is 2.04. The van der Waals surface area contributed by atoms with Crippen molar-refractivity contribution in [3.8, 4) is 0 Å². The average molecular weight is 247 g/mol. The van der Waals surface area contributed by atoms with E-state index in [1.807, 2.05) is 30.3 Å². The Labute approximate surface area is 106 Å². The standard InChI is InChI=1S/C13H17N3O2/c14-12(10-4-2-1-3-5-10)13(18)16-8-6-11(17)15-7-9-16/h1-5,12H,6-9,14H2,(H,15,17). The molecule has 1 saturated heterocycles. The van der Waals surface area contributed by atoms with Crippen LogP contribution in [0.25, 0.3) is 0 Å². The van der Waals surface area contributed by atoms with Crippen LogP contribution in [-0.2, 0) is 9.59 Å². The Morgan fingerprint density at radius 1 is 1.28 bits per heavy atom. The Morgan fingerprint density at radius 2 is 2.00 bits per heavy atom. The van der Waals surface area contributed by atoms with Gasteiger partial charge in [-0.1, -0.05) is 30.3 Å². The van der Waals surface area contributed by atoms with Gasteiger partial charge in [-0.3, -0.25) is 9.59 Å². The number of amides is 2. The molecule has 1 aliphatic rings. The maximum Gasteiger partial charge on any atom is 0.244 e. The highest BCUT2D eigenvalue weighted by molar-refractivity contribution is 5.84. The molecule has 0 spiro atoms.